The van der Waals surface area contributed by atoms with Gasteiger partial charge < -0.3 is 0 Å². The van der Waals surface area contributed by atoms with Crippen LogP contribution in [0.2, 0.25) is 0 Å². The number of sulfonamides is 1. The van der Waals surface area contributed by atoms with Gasteiger partial charge in [-0.05, 0) is 26.7 Å². The van der Waals surface area contributed by atoms with Crippen LogP contribution in [0.5, 0.6) is 0 Å². The molecule has 0 heterocycles. The zero-order valence-corrected chi connectivity index (χ0v) is 11.0. The highest BCUT2D eigenvalue weighted by atomic mass is 35.5. The second-order valence-corrected chi connectivity index (χ2v) is 7.17. The Morgan fingerprint density at radius 1 is 1.27 bits per heavy atom. The molecular formula is C10H20ClNO2S. The van der Waals surface area contributed by atoms with Crippen molar-refractivity contribution in [2.24, 2.45) is 0 Å². The summed E-state index contributed by atoms with van der Waals surface area (Å²) in [6.07, 6.45) is 5.04. The van der Waals surface area contributed by atoms with Gasteiger partial charge in [0, 0.05) is 11.4 Å². The maximum atomic E-state index is 11.8. The van der Waals surface area contributed by atoms with Crippen molar-refractivity contribution in [2.75, 3.05) is 5.88 Å². The van der Waals surface area contributed by atoms with Crippen LogP contribution in [-0.4, -0.2) is 25.1 Å². The predicted molar refractivity (Wildman–Crippen MR) is 63.7 cm³/mol. The number of hydrogen-bond donors (Lipinski definition) is 1. The average molecular weight is 254 g/mol. The van der Waals surface area contributed by atoms with Crippen LogP contribution in [0.4, 0.5) is 0 Å². The van der Waals surface area contributed by atoms with Gasteiger partial charge in [-0.3, -0.25) is 0 Å². The van der Waals surface area contributed by atoms with E-state index in [1.807, 2.05) is 0 Å². The maximum Gasteiger partial charge on any atom is 0.214 e. The van der Waals surface area contributed by atoms with Crippen molar-refractivity contribution in [1.82, 2.24) is 4.72 Å². The lowest BCUT2D eigenvalue weighted by Gasteiger charge is -2.36. The lowest BCUT2D eigenvalue weighted by Crippen LogP contribution is -2.52. The van der Waals surface area contributed by atoms with E-state index in [0.717, 1.165) is 25.7 Å². The van der Waals surface area contributed by atoms with E-state index in [2.05, 4.69) is 4.72 Å². The van der Waals surface area contributed by atoms with E-state index >= 15 is 0 Å². The molecule has 1 rings (SSSR count). The summed E-state index contributed by atoms with van der Waals surface area (Å²) in [4.78, 5) is 0. The van der Waals surface area contributed by atoms with Crippen molar-refractivity contribution in [3.8, 4) is 0 Å². The van der Waals surface area contributed by atoms with Crippen molar-refractivity contribution in [3.05, 3.63) is 0 Å². The largest absolute Gasteiger partial charge is 0.214 e. The Morgan fingerprint density at radius 3 is 2.20 bits per heavy atom. The van der Waals surface area contributed by atoms with Crippen LogP contribution >= 0.6 is 11.6 Å². The predicted octanol–water partition coefficient (Wildman–Crippen LogP) is 2.26. The fourth-order valence-electron chi connectivity index (χ4n) is 1.91. The molecule has 0 bridgehead atoms. The molecule has 0 aliphatic heterocycles. The molecule has 1 aliphatic rings. The minimum Gasteiger partial charge on any atom is -0.212 e. The summed E-state index contributed by atoms with van der Waals surface area (Å²) in [5, 5.41) is -0.389. The van der Waals surface area contributed by atoms with E-state index in [1.54, 1.807) is 13.8 Å². The van der Waals surface area contributed by atoms with Gasteiger partial charge in [-0.1, -0.05) is 19.3 Å². The number of halogens is 1. The zero-order valence-electron chi connectivity index (χ0n) is 9.42. The standard InChI is InChI=1S/C10H20ClNO2S/c1-9(2)15(13,14)12-10(8-11)6-4-3-5-7-10/h9,12H,3-8H2,1-2H3. The molecule has 3 nitrogen and oxygen atoms in total. The highest BCUT2D eigenvalue weighted by Gasteiger charge is 2.35. The zero-order chi connectivity index (χ0) is 11.5. The molecule has 1 aliphatic carbocycles. The second-order valence-electron chi connectivity index (χ2n) is 4.67. The second kappa shape index (κ2) is 5.02. The summed E-state index contributed by atoms with van der Waals surface area (Å²) in [6, 6.07) is 0. The van der Waals surface area contributed by atoms with E-state index < -0.39 is 10.0 Å². The first-order valence-electron chi connectivity index (χ1n) is 5.51. The summed E-state index contributed by atoms with van der Waals surface area (Å²) in [5.41, 5.74) is -0.386. The van der Waals surface area contributed by atoms with Crippen LogP contribution in [0.25, 0.3) is 0 Å². The van der Waals surface area contributed by atoms with Gasteiger partial charge in [0.05, 0.1) is 5.25 Å². The third-order valence-electron chi connectivity index (χ3n) is 3.05. The van der Waals surface area contributed by atoms with Crippen molar-refractivity contribution in [2.45, 2.75) is 56.7 Å². The van der Waals surface area contributed by atoms with E-state index in [-0.39, 0.29) is 10.8 Å². The average Bonchev–Trinajstić information content (AvgIpc) is 2.18. The Morgan fingerprint density at radius 2 is 1.80 bits per heavy atom. The lowest BCUT2D eigenvalue weighted by molar-refractivity contribution is 0.297. The number of rotatable bonds is 4. The van der Waals surface area contributed by atoms with Gasteiger partial charge in [0.2, 0.25) is 10.0 Å². The number of nitrogens with one attached hydrogen (secondary N) is 1. The van der Waals surface area contributed by atoms with Crippen molar-refractivity contribution < 1.29 is 8.42 Å². The van der Waals surface area contributed by atoms with Crippen LogP contribution in [0.15, 0.2) is 0 Å². The summed E-state index contributed by atoms with van der Waals surface area (Å²) in [5.74, 6) is 0.374. The fourth-order valence-corrected chi connectivity index (χ4v) is 3.44. The molecule has 0 aromatic rings. The summed E-state index contributed by atoms with van der Waals surface area (Å²) < 4.78 is 26.4. The van der Waals surface area contributed by atoms with Crippen molar-refractivity contribution >= 4 is 21.6 Å². The van der Waals surface area contributed by atoms with Gasteiger partial charge in [-0.15, -0.1) is 11.6 Å². The Labute approximate surface area is 97.6 Å². The van der Waals surface area contributed by atoms with Crippen LogP contribution in [0, 0.1) is 0 Å². The van der Waals surface area contributed by atoms with Gasteiger partial charge >= 0.3 is 0 Å². The first-order valence-corrected chi connectivity index (χ1v) is 7.59. The molecule has 0 radical (unpaired) electrons. The third-order valence-corrected chi connectivity index (χ3v) is 5.52. The van der Waals surface area contributed by atoms with Crippen LogP contribution in [0.3, 0.4) is 0 Å². The lowest BCUT2D eigenvalue weighted by atomic mass is 9.84. The van der Waals surface area contributed by atoms with E-state index in [0.29, 0.717) is 5.88 Å². The number of hydrogen-bond acceptors (Lipinski definition) is 2. The molecule has 0 atom stereocenters. The van der Waals surface area contributed by atoms with Crippen molar-refractivity contribution in [1.29, 1.82) is 0 Å². The molecule has 90 valence electrons. The molecule has 0 amide bonds. The summed E-state index contributed by atoms with van der Waals surface area (Å²) >= 11 is 5.92. The minimum absolute atomic E-state index is 0.374. The molecule has 1 fully saturated rings. The molecule has 1 N–H and O–H groups in total. The highest BCUT2D eigenvalue weighted by Crippen LogP contribution is 2.30. The van der Waals surface area contributed by atoms with E-state index in [4.69, 9.17) is 11.6 Å². The third kappa shape index (κ3) is 3.33. The maximum absolute atomic E-state index is 11.8. The molecule has 0 saturated heterocycles. The smallest absolute Gasteiger partial charge is 0.212 e. The monoisotopic (exact) mass is 253 g/mol. The normalized spacial score (nSPS) is 21.9. The van der Waals surface area contributed by atoms with Crippen molar-refractivity contribution in [3.63, 3.8) is 0 Å². The molecule has 0 aromatic heterocycles. The van der Waals surface area contributed by atoms with Crippen LogP contribution in [0.1, 0.15) is 46.0 Å². The molecule has 15 heavy (non-hydrogen) atoms. The number of alkyl halides is 1. The first-order chi connectivity index (χ1) is 6.92. The van der Waals surface area contributed by atoms with Crippen LogP contribution < -0.4 is 4.72 Å². The quantitative estimate of drug-likeness (QED) is 0.782. The molecular weight excluding hydrogens is 234 g/mol. The van der Waals surface area contributed by atoms with Gasteiger partial charge in [0.15, 0.2) is 0 Å². The fraction of sp³-hybridized carbons (Fsp3) is 1.00. The molecule has 0 aromatic carbocycles. The summed E-state index contributed by atoms with van der Waals surface area (Å²) in [7, 11) is -3.20. The highest BCUT2D eigenvalue weighted by molar-refractivity contribution is 7.90. The molecule has 1 saturated carbocycles. The Kier molecular flexibility index (Phi) is 4.44. The Balaban J connectivity index is 2.76. The van der Waals surface area contributed by atoms with Gasteiger partial charge in [0.1, 0.15) is 0 Å². The van der Waals surface area contributed by atoms with Crippen LogP contribution in [-0.2, 0) is 10.0 Å². The topological polar surface area (TPSA) is 46.2 Å². The van der Waals surface area contributed by atoms with Gasteiger partial charge in [0.25, 0.3) is 0 Å². The van der Waals surface area contributed by atoms with Gasteiger partial charge in [-0.25, -0.2) is 13.1 Å². The first kappa shape index (κ1) is 13.3. The van der Waals surface area contributed by atoms with Gasteiger partial charge in [-0.2, -0.15) is 0 Å². The van der Waals surface area contributed by atoms with E-state index in [9.17, 15) is 8.42 Å². The Bertz CT molecular complexity index is 295. The van der Waals surface area contributed by atoms with E-state index in [1.165, 1.54) is 6.42 Å². The minimum atomic E-state index is -3.20. The SMILES string of the molecule is CC(C)S(=O)(=O)NC1(CCl)CCCCC1. The molecule has 5 heteroatoms. The summed E-state index contributed by atoms with van der Waals surface area (Å²) in [6.45, 7) is 3.38. The Hall–Kier alpha value is 0.200. The molecule has 0 spiro atoms. The molecule has 0 unspecified atom stereocenters.